The molecule has 0 amide bonds. The molecule has 0 aliphatic heterocycles. The van der Waals surface area contributed by atoms with Gasteiger partial charge in [-0.1, -0.05) is 6.92 Å². The van der Waals surface area contributed by atoms with E-state index >= 15 is 0 Å². The first-order valence-electron chi connectivity index (χ1n) is 3.27. The van der Waals surface area contributed by atoms with Crippen molar-refractivity contribution in [2.75, 3.05) is 0 Å². The van der Waals surface area contributed by atoms with Crippen LogP contribution in [0.2, 0.25) is 0 Å². The van der Waals surface area contributed by atoms with Crippen molar-refractivity contribution in [3.05, 3.63) is 10.1 Å². The zero-order chi connectivity index (χ0) is 8.36. The molecule has 0 saturated carbocycles. The van der Waals surface area contributed by atoms with Crippen molar-refractivity contribution in [1.82, 2.24) is 0 Å². The van der Waals surface area contributed by atoms with E-state index in [1.165, 1.54) is 13.8 Å². The number of hydrogen-bond donors (Lipinski definition) is 1. The van der Waals surface area contributed by atoms with Crippen molar-refractivity contribution in [3.63, 3.8) is 0 Å². The van der Waals surface area contributed by atoms with E-state index in [0.29, 0.717) is 0 Å². The molecule has 0 aromatic rings. The first-order valence-corrected chi connectivity index (χ1v) is 2.77. The minimum absolute atomic E-state index is 0.0116. The van der Waals surface area contributed by atoms with Crippen molar-refractivity contribution in [2.24, 2.45) is 0 Å². The second kappa shape index (κ2) is 3.40. The van der Waals surface area contributed by atoms with Crippen LogP contribution in [-0.4, -0.2) is 22.2 Å². The third-order valence-corrected chi connectivity index (χ3v) is 1.08. The molecule has 1 N–H and O–H groups in total. The molecule has 0 heterocycles. The van der Waals surface area contributed by atoms with Crippen molar-refractivity contribution in [2.45, 2.75) is 32.4 Å². The highest BCUT2D eigenvalue weighted by atomic mass is 16.6. The molecular formula is C5H11NO3. The molecule has 2 unspecified atom stereocenters. The highest BCUT2D eigenvalue weighted by molar-refractivity contribution is 4.59. The Labute approximate surface area is 55.1 Å². The van der Waals surface area contributed by atoms with Crippen molar-refractivity contribution < 1.29 is 11.4 Å². The molecular weight excluding hydrogens is 122 g/mol. The fourth-order valence-electron chi connectivity index (χ4n) is 0.577. The van der Waals surface area contributed by atoms with Crippen LogP contribution in [0, 0.1) is 10.1 Å². The number of nitrogens with zero attached hydrogens (tertiary/aromatic N) is 1. The van der Waals surface area contributed by atoms with Gasteiger partial charge in [-0.3, -0.25) is 10.1 Å². The third kappa shape index (κ3) is 2.41. The standard InChI is InChI=1S/C5H11NO3/c1-3-5(4(2)7)6(8)9/h4-5,7H,3H2,1-2H3/i5D. The van der Waals surface area contributed by atoms with Crippen LogP contribution in [0.5, 0.6) is 0 Å². The summed E-state index contributed by atoms with van der Waals surface area (Å²) in [6.07, 6.45) is -1.22. The molecule has 0 saturated heterocycles. The predicted octanol–water partition coefficient (Wildman–Crippen LogP) is 0.422. The van der Waals surface area contributed by atoms with Gasteiger partial charge in [0, 0.05) is 11.3 Å². The van der Waals surface area contributed by atoms with Gasteiger partial charge in [-0.15, -0.1) is 0 Å². The fourth-order valence-corrected chi connectivity index (χ4v) is 0.577. The van der Waals surface area contributed by atoms with Crippen LogP contribution in [0.25, 0.3) is 0 Å². The Morgan fingerprint density at radius 3 is 2.44 bits per heavy atom. The molecule has 0 aromatic carbocycles. The topological polar surface area (TPSA) is 63.4 Å². The van der Waals surface area contributed by atoms with E-state index in [1.807, 2.05) is 0 Å². The zero-order valence-electron chi connectivity index (χ0n) is 6.50. The van der Waals surface area contributed by atoms with Gasteiger partial charge < -0.3 is 5.11 Å². The summed E-state index contributed by atoms with van der Waals surface area (Å²) in [6.45, 7) is 2.75. The normalized spacial score (nSPS) is 21.9. The van der Waals surface area contributed by atoms with Crippen LogP contribution in [0.15, 0.2) is 0 Å². The lowest BCUT2D eigenvalue weighted by Gasteiger charge is -2.07. The van der Waals surface area contributed by atoms with Gasteiger partial charge in [0.25, 0.3) is 0 Å². The van der Waals surface area contributed by atoms with Crippen molar-refractivity contribution in [1.29, 1.82) is 0 Å². The van der Waals surface area contributed by atoms with E-state index < -0.39 is 17.0 Å². The summed E-state index contributed by atoms with van der Waals surface area (Å²) in [5.74, 6) is 0. The summed E-state index contributed by atoms with van der Waals surface area (Å²) in [4.78, 5) is 9.39. The lowest BCUT2D eigenvalue weighted by Crippen LogP contribution is -2.30. The van der Waals surface area contributed by atoms with E-state index in [9.17, 15) is 10.1 Å². The predicted molar refractivity (Wildman–Crippen MR) is 32.8 cm³/mol. The van der Waals surface area contributed by atoms with Gasteiger partial charge in [0.2, 0.25) is 6.02 Å². The minimum atomic E-state index is -1.93. The molecule has 0 aliphatic rings. The Balaban J connectivity index is 4.38. The molecule has 0 aromatic heterocycles. The Morgan fingerprint density at radius 2 is 2.44 bits per heavy atom. The van der Waals surface area contributed by atoms with Gasteiger partial charge in [0.1, 0.15) is 7.47 Å². The number of rotatable bonds is 3. The van der Waals surface area contributed by atoms with Gasteiger partial charge in [0.05, 0.1) is 0 Å². The smallest absolute Gasteiger partial charge is 0.238 e. The fraction of sp³-hybridized carbons (Fsp3) is 1.00. The van der Waals surface area contributed by atoms with E-state index in [4.69, 9.17) is 6.48 Å². The summed E-state index contributed by atoms with van der Waals surface area (Å²) in [5, 5.41) is 19.0. The molecule has 2 atom stereocenters. The summed E-state index contributed by atoms with van der Waals surface area (Å²) in [5.41, 5.74) is 0. The first-order chi connectivity index (χ1) is 4.45. The molecule has 0 aliphatic carbocycles. The largest absolute Gasteiger partial charge is 0.386 e. The van der Waals surface area contributed by atoms with Gasteiger partial charge in [-0.2, -0.15) is 0 Å². The molecule has 0 spiro atoms. The number of aliphatic hydroxyl groups excluding tert-OH is 1. The molecule has 9 heavy (non-hydrogen) atoms. The lowest BCUT2D eigenvalue weighted by atomic mass is 10.1. The maximum Gasteiger partial charge on any atom is 0.238 e. The van der Waals surface area contributed by atoms with E-state index in [-0.39, 0.29) is 6.42 Å². The molecule has 0 fully saturated rings. The molecule has 0 radical (unpaired) electrons. The Kier molecular flexibility index (Phi) is 2.45. The average Bonchev–Trinajstić information content (AvgIpc) is 1.85. The SMILES string of the molecule is [2H]C(CC)(C(C)O)[N+](=O)[O-]. The average molecular weight is 134 g/mol. The van der Waals surface area contributed by atoms with E-state index in [0.717, 1.165) is 0 Å². The summed E-state index contributed by atoms with van der Waals surface area (Å²) in [7, 11) is 0. The Bertz CT molecular complexity index is 139. The number of aliphatic hydroxyl groups is 1. The number of hydrogen-bond acceptors (Lipinski definition) is 3. The second-order valence-electron chi connectivity index (χ2n) is 1.78. The molecule has 4 heteroatoms. The van der Waals surface area contributed by atoms with E-state index in [1.54, 1.807) is 0 Å². The minimum Gasteiger partial charge on any atom is -0.386 e. The summed E-state index contributed by atoms with van der Waals surface area (Å²) < 4.78 is 7.13. The van der Waals surface area contributed by atoms with Crippen LogP contribution >= 0.6 is 0 Å². The van der Waals surface area contributed by atoms with Gasteiger partial charge >= 0.3 is 0 Å². The van der Waals surface area contributed by atoms with Crippen molar-refractivity contribution >= 4 is 0 Å². The molecule has 0 bridgehead atoms. The summed E-state index contributed by atoms with van der Waals surface area (Å²) >= 11 is 0. The molecule has 54 valence electrons. The Morgan fingerprint density at radius 1 is 2.00 bits per heavy atom. The van der Waals surface area contributed by atoms with Crippen LogP contribution in [0.1, 0.15) is 21.6 Å². The Hall–Kier alpha value is -0.640. The van der Waals surface area contributed by atoms with Gasteiger partial charge in [-0.25, -0.2) is 0 Å². The van der Waals surface area contributed by atoms with Crippen LogP contribution in [-0.2, 0) is 0 Å². The van der Waals surface area contributed by atoms with Crippen LogP contribution in [0.3, 0.4) is 0 Å². The molecule has 4 nitrogen and oxygen atoms in total. The van der Waals surface area contributed by atoms with Crippen LogP contribution < -0.4 is 0 Å². The highest BCUT2D eigenvalue weighted by Crippen LogP contribution is 2.00. The maximum absolute atomic E-state index is 10.2. The highest BCUT2D eigenvalue weighted by Gasteiger charge is 2.22. The quantitative estimate of drug-likeness (QED) is 0.449. The summed E-state index contributed by atoms with van der Waals surface area (Å²) in [6, 6.07) is -1.93. The van der Waals surface area contributed by atoms with E-state index in [2.05, 4.69) is 0 Å². The third-order valence-electron chi connectivity index (χ3n) is 1.08. The maximum atomic E-state index is 10.2. The molecule has 0 rings (SSSR count). The number of nitro groups is 1. The monoisotopic (exact) mass is 134 g/mol. The lowest BCUT2D eigenvalue weighted by molar-refractivity contribution is -0.533. The van der Waals surface area contributed by atoms with Gasteiger partial charge in [-0.05, 0) is 6.92 Å². The van der Waals surface area contributed by atoms with Gasteiger partial charge in [0.15, 0.2) is 0 Å². The second-order valence-corrected chi connectivity index (χ2v) is 1.78. The van der Waals surface area contributed by atoms with Crippen molar-refractivity contribution in [3.8, 4) is 0 Å². The zero-order valence-corrected chi connectivity index (χ0v) is 5.50. The van der Waals surface area contributed by atoms with Crippen LogP contribution in [0.4, 0.5) is 0 Å². The first kappa shape index (κ1) is 6.48.